The number of nitrogens with one attached hydrogen (secondary N) is 2. The molecule has 0 radical (unpaired) electrons. The number of unbranched alkanes of at least 4 members (excludes halogenated alkanes) is 6. The zero-order valence-electron chi connectivity index (χ0n) is 45.0. The zero-order valence-corrected chi connectivity index (χ0v) is 45.0. The van der Waals surface area contributed by atoms with Gasteiger partial charge in [0.1, 0.15) is 0 Å². The van der Waals surface area contributed by atoms with Crippen LogP contribution in [0, 0.1) is 0 Å². The summed E-state index contributed by atoms with van der Waals surface area (Å²) in [5.74, 6) is 0. The van der Waals surface area contributed by atoms with Crippen molar-refractivity contribution in [3.63, 3.8) is 0 Å². The maximum Gasteiger partial charge on any atom is 0.209 e. The fourth-order valence-corrected chi connectivity index (χ4v) is 13.1. The van der Waals surface area contributed by atoms with E-state index in [0.29, 0.717) is 12.1 Å². The number of carbonyl (C=O) groups is 4. The summed E-state index contributed by atoms with van der Waals surface area (Å²) in [7, 11) is 0. The normalized spacial score (nSPS) is 24.9. The molecular formula is C52H100N8O6. The molecule has 0 bridgehead atoms. The Kier molecular flexibility index (Phi) is 20.2. The molecule has 14 heteroatoms. The van der Waals surface area contributed by atoms with Gasteiger partial charge in [0.25, 0.3) is 0 Å². The van der Waals surface area contributed by atoms with Gasteiger partial charge in [-0.3, -0.25) is 19.2 Å². The fraction of sp³-hybridized carbons (Fsp3) is 0.923. The summed E-state index contributed by atoms with van der Waals surface area (Å²) in [5, 5.41) is 31.3. The largest absolute Gasteiger partial charge is 0.342 e. The van der Waals surface area contributed by atoms with Crippen molar-refractivity contribution in [3.8, 4) is 0 Å². The van der Waals surface area contributed by atoms with Crippen LogP contribution in [-0.2, 0) is 19.2 Å². The van der Waals surface area contributed by atoms with Gasteiger partial charge < -0.3 is 40.6 Å². The average Bonchev–Trinajstić information content (AvgIpc) is 3.15. The molecule has 14 nitrogen and oxygen atoms in total. The quantitative estimate of drug-likeness (QED) is 0.0616. The second-order valence-corrected chi connectivity index (χ2v) is 26.1. The van der Waals surface area contributed by atoms with Gasteiger partial charge in [0, 0.05) is 94.7 Å². The summed E-state index contributed by atoms with van der Waals surface area (Å²) >= 11 is 0. The van der Waals surface area contributed by atoms with Crippen LogP contribution in [0.1, 0.15) is 214 Å². The van der Waals surface area contributed by atoms with Crippen molar-refractivity contribution in [2.45, 2.75) is 282 Å². The van der Waals surface area contributed by atoms with Crippen LogP contribution in [0.2, 0.25) is 0 Å². The smallest absolute Gasteiger partial charge is 0.209 e. The number of amides is 4. The van der Waals surface area contributed by atoms with Crippen molar-refractivity contribution < 1.29 is 29.6 Å². The highest BCUT2D eigenvalue weighted by Crippen LogP contribution is 2.40. The standard InChI is InChI=1S/C26H50N4O4.C26H50N4O2/c1-23(2)15-21(16-24(3,4)29(23)33)27(19-31)13-11-9-10-12-14-28(20-32)22-17-25(5,6)30(34)26(7,8)18-22;1-23(2)15-21(16-24(3,4)27-23)29(19-31)13-11-9-10-12-14-30(20-32)22-17-25(5,6)28-26(7,8)18-22/h19-22,33-34H,9-18H2,1-8H3;19-22,27-28H,9-18H2,1-8H3. The van der Waals surface area contributed by atoms with Crippen molar-refractivity contribution in [1.29, 1.82) is 0 Å². The van der Waals surface area contributed by atoms with Crippen molar-refractivity contribution in [3.05, 3.63) is 0 Å². The van der Waals surface area contributed by atoms with Crippen molar-refractivity contribution in [1.82, 2.24) is 40.4 Å². The third-order valence-electron chi connectivity index (χ3n) is 15.2. The number of hydroxylamine groups is 4. The first kappa shape index (κ1) is 58.0. The summed E-state index contributed by atoms with van der Waals surface area (Å²) in [6.07, 6.45) is 19.1. The second-order valence-electron chi connectivity index (χ2n) is 26.1. The van der Waals surface area contributed by atoms with E-state index in [1.807, 2.05) is 75.0 Å². The molecule has 4 amide bonds. The van der Waals surface area contributed by atoms with Gasteiger partial charge >= 0.3 is 0 Å². The average molecular weight is 933 g/mol. The molecule has 0 spiro atoms. The summed E-state index contributed by atoms with van der Waals surface area (Å²) in [6, 6.07) is 0.855. The molecule has 4 aliphatic rings. The lowest BCUT2D eigenvalue weighted by molar-refractivity contribution is -0.251. The Morgan fingerprint density at radius 3 is 0.727 bits per heavy atom. The van der Waals surface area contributed by atoms with E-state index in [-0.39, 0.29) is 56.4 Å². The van der Waals surface area contributed by atoms with Crippen LogP contribution in [0.4, 0.5) is 0 Å². The number of hydrogen-bond acceptors (Lipinski definition) is 10. The number of piperidine rings is 4. The molecule has 4 aliphatic heterocycles. The molecule has 4 heterocycles. The van der Waals surface area contributed by atoms with Crippen LogP contribution < -0.4 is 10.6 Å². The van der Waals surface area contributed by atoms with E-state index in [4.69, 9.17) is 0 Å². The number of hydrogen-bond donors (Lipinski definition) is 4. The van der Waals surface area contributed by atoms with E-state index in [9.17, 15) is 29.6 Å². The SMILES string of the molecule is CC1(C)CC(N(C=O)CCCCCCN(C=O)C2CC(C)(C)N(O)C(C)(C)C2)CC(C)(C)N1O.CC1(C)CC(N(C=O)CCCCCCN(C=O)C2CC(C)(C)NC(C)(C)C2)CC(C)(C)N1. The number of carbonyl (C=O) groups excluding carboxylic acids is 4. The highest BCUT2D eigenvalue weighted by Gasteiger charge is 2.48. The predicted molar refractivity (Wildman–Crippen MR) is 266 cm³/mol. The van der Waals surface area contributed by atoms with Crippen molar-refractivity contribution >= 4 is 25.6 Å². The Morgan fingerprint density at radius 1 is 0.364 bits per heavy atom. The first-order valence-electron chi connectivity index (χ1n) is 25.7. The van der Waals surface area contributed by atoms with Gasteiger partial charge in [-0.25, -0.2) is 0 Å². The van der Waals surface area contributed by atoms with Gasteiger partial charge in [0.2, 0.25) is 25.6 Å². The second kappa shape index (κ2) is 23.0. The van der Waals surface area contributed by atoms with Gasteiger partial charge in [0.05, 0.1) is 0 Å². The molecule has 4 saturated heterocycles. The van der Waals surface area contributed by atoms with Crippen molar-refractivity contribution in [2.75, 3.05) is 26.2 Å². The van der Waals surface area contributed by atoms with Gasteiger partial charge in [-0.05, 0) is 188 Å². The number of rotatable bonds is 22. The van der Waals surface area contributed by atoms with E-state index in [2.05, 4.69) is 66.0 Å². The summed E-state index contributed by atoms with van der Waals surface area (Å²) in [5.41, 5.74) is -1.31. The molecule has 0 aromatic carbocycles. The molecule has 4 fully saturated rings. The van der Waals surface area contributed by atoms with Crippen LogP contribution in [0.25, 0.3) is 0 Å². The van der Waals surface area contributed by atoms with Crippen molar-refractivity contribution in [2.24, 2.45) is 0 Å². The van der Waals surface area contributed by atoms with Gasteiger partial charge in [-0.2, -0.15) is 10.1 Å². The summed E-state index contributed by atoms with van der Waals surface area (Å²) in [4.78, 5) is 55.2. The van der Waals surface area contributed by atoms with Crippen LogP contribution in [0.5, 0.6) is 0 Å². The first-order valence-corrected chi connectivity index (χ1v) is 25.7. The lowest BCUT2D eigenvalue weighted by Gasteiger charge is -2.53. The van der Waals surface area contributed by atoms with Gasteiger partial charge in [-0.1, -0.05) is 25.7 Å². The number of nitrogens with zero attached hydrogens (tertiary/aromatic N) is 6. The lowest BCUT2D eigenvalue weighted by atomic mass is 9.78. The third-order valence-corrected chi connectivity index (χ3v) is 15.2. The van der Waals surface area contributed by atoms with Crippen LogP contribution in [-0.4, -0.2) is 160 Å². The molecule has 0 atom stereocenters. The monoisotopic (exact) mass is 933 g/mol. The van der Waals surface area contributed by atoms with E-state index in [1.165, 1.54) is 10.1 Å². The lowest BCUT2D eigenvalue weighted by Crippen LogP contribution is -2.62. The third kappa shape index (κ3) is 16.9. The molecule has 0 unspecified atom stereocenters. The zero-order chi connectivity index (χ0) is 50.2. The van der Waals surface area contributed by atoms with E-state index < -0.39 is 0 Å². The minimum atomic E-state index is -0.374. The van der Waals surface area contributed by atoms with E-state index >= 15 is 0 Å². The molecule has 4 rings (SSSR count). The van der Waals surface area contributed by atoms with Gasteiger partial charge in [0.15, 0.2) is 0 Å². The van der Waals surface area contributed by atoms with Crippen LogP contribution in [0.15, 0.2) is 0 Å². The molecular weight excluding hydrogens is 833 g/mol. The Morgan fingerprint density at radius 2 is 0.545 bits per heavy atom. The van der Waals surface area contributed by atoms with Gasteiger partial charge in [-0.15, -0.1) is 0 Å². The molecule has 0 saturated carbocycles. The maximum absolute atomic E-state index is 11.8. The maximum atomic E-state index is 11.8. The molecule has 0 aromatic rings. The molecule has 66 heavy (non-hydrogen) atoms. The Balaban J connectivity index is 0.000000351. The van der Waals surface area contributed by atoms with E-state index in [0.717, 1.165) is 155 Å². The van der Waals surface area contributed by atoms with Crippen LogP contribution >= 0.6 is 0 Å². The Bertz CT molecular complexity index is 1370. The highest BCUT2D eigenvalue weighted by atomic mass is 16.5. The summed E-state index contributed by atoms with van der Waals surface area (Å²) in [6.45, 7) is 37.1. The molecule has 0 aromatic heterocycles. The molecule has 4 N–H and O–H groups in total. The summed E-state index contributed by atoms with van der Waals surface area (Å²) < 4.78 is 0. The fourth-order valence-electron chi connectivity index (χ4n) is 13.1. The first-order chi connectivity index (χ1) is 30.2. The highest BCUT2D eigenvalue weighted by molar-refractivity contribution is 5.49. The predicted octanol–water partition coefficient (Wildman–Crippen LogP) is 8.37. The Labute approximate surface area is 402 Å². The Hall–Kier alpha value is -2.36. The molecule has 384 valence electrons. The van der Waals surface area contributed by atoms with E-state index in [1.54, 1.807) is 0 Å². The topological polar surface area (TPSA) is 152 Å². The minimum absolute atomic E-state index is 0.0454. The molecule has 0 aliphatic carbocycles. The van der Waals surface area contributed by atoms with Crippen LogP contribution in [0.3, 0.4) is 0 Å². The minimum Gasteiger partial charge on any atom is -0.342 e.